The summed E-state index contributed by atoms with van der Waals surface area (Å²) in [6.45, 7) is 0. The minimum absolute atomic E-state index is 0.260. The van der Waals surface area contributed by atoms with Crippen LogP contribution in [0.3, 0.4) is 0 Å². The molecule has 0 aliphatic rings. The Labute approximate surface area is 122 Å². The molecule has 2 aromatic rings. The van der Waals surface area contributed by atoms with Crippen LogP contribution in [0, 0.1) is 0 Å². The van der Waals surface area contributed by atoms with E-state index in [1.165, 1.54) is 29.8 Å². The van der Waals surface area contributed by atoms with E-state index in [2.05, 4.69) is 41.6 Å². The maximum absolute atomic E-state index is 11.6. The largest absolute Gasteiger partial charge is 0.464 e. The summed E-state index contributed by atoms with van der Waals surface area (Å²) in [6.07, 6.45) is 0. The molecule has 2 aromatic heterocycles. The van der Waals surface area contributed by atoms with Gasteiger partial charge in [0.15, 0.2) is 10.8 Å². The third kappa shape index (κ3) is 2.54. The van der Waals surface area contributed by atoms with Crippen LogP contribution in [0.1, 0.15) is 10.5 Å². The van der Waals surface area contributed by atoms with Gasteiger partial charge in [-0.15, -0.1) is 11.3 Å². The van der Waals surface area contributed by atoms with Gasteiger partial charge in [0.25, 0.3) is 0 Å². The highest BCUT2D eigenvalue weighted by Gasteiger charge is 2.21. The number of halogens is 2. The van der Waals surface area contributed by atoms with Gasteiger partial charge in [0.1, 0.15) is 0 Å². The molecule has 0 saturated heterocycles. The summed E-state index contributed by atoms with van der Waals surface area (Å²) in [6, 6.07) is 1.91. The van der Waals surface area contributed by atoms with Gasteiger partial charge in [-0.1, -0.05) is 11.3 Å². The number of aromatic nitrogens is 1. The second-order valence-electron chi connectivity index (χ2n) is 2.95. The number of ether oxygens (including phenoxy) is 1. The van der Waals surface area contributed by atoms with Crippen LogP contribution in [0.2, 0.25) is 0 Å². The summed E-state index contributed by atoms with van der Waals surface area (Å²) in [4.78, 5) is 17.2. The number of carbonyl (C=O) groups is 1. The number of hydrogen-bond acceptors (Lipinski definition) is 6. The lowest BCUT2D eigenvalue weighted by Crippen LogP contribution is -2.03. The van der Waals surface area contributed by atoms with E-state index in [-0.39, 0.29) is 5.69 Å². The molecule has 0 aliphatic heterocycles. The van der Waals surface area contributed by atoms with E-state index in [9.17, 15) is 4.79 Å². The fraction of sp³-hybridized carbons (Fsp3) is 0.111. The van der Waals surface area contributed by atoms with Crippen molar-refractivity contribution >= 4 is 65.6 Å². The molecular formula is C9H6Br2N2O2S2. The third-order valence-corrected chi connectivity index (χ3v) is 6.21. The number of hydrogen-bond donors (Lipinski definition) is 1. The van der Waals surface area contributed by atoms with Crippen molar-refractivity contribution in [3.63, 3.8) is 0 Å². The quantitative estimate of drug-likeness (QED) is 0.783. The van der Waals surface area contributed by atoms with Gasteiger partial charge in [-0.3, -0.25) is 0 Å². The highest BCUT2D eigenvalue weighted by atomic mass is 79.9. The lowest BCUT2D eigenvalue weighted by atomic mass is 10.3. The first-order valence-electron chi connectivity index (χ1n) is 4.32. The molecule has 8 heteroatoms. The van der Waals surface area contributed by atoms with Crippen LogP contribution in [0.15, 0.2) is 14.3 Å². The van der Waals surface area contributed by atoms with Crippen LogP contribution in [0.5, 0.6) is 0 Å². The van der Waals surface area contributed by atoms with Crippen molar-refractivity contribution in [2.75, 3.05) is 12.8 Å². The first-order valence-corrected chi connectivity index (χ1v) is 7.54. The molecule has 0 amide bonds. The number of nitrogens with two attached hydrogens (primary N) is 1. The summed E-state index contributed by atoms with van der Waals surface area (Å²) >= 11 is 9.57. The smallest absolute Gasteiger partial charge is 0.358 e. The molecule has 0 atom stereocenters. The monoisotopic (exact) mass is 396 g/mol. The molecule has 0 radical (unpaired) electrons. The van der Waals surface area contributed by atoms with Crippen molar-refractivity contribution in [1.82, 2.24) is 4.98 Å². The number of rotatable bonds is 2. The molecule has 2 N–H and O–H groups in total. The van der Waals surface area contributed by atoms with E-state index < -0.39 is 5.97 Å². The first-order chi connectivity index (χ1) is 8.02. The highest BCUT2D eigenvalue weighted by Crippen LogP contribution is 2.42. The predicted molar refractivity (Wildman–Crippen MR) is 76.6 cm³/mol. The Bertz CT molecular complexity index is 560. The van der Waals surface area contributed by atoms with Crippen LogP contribution in [-0.2, 0) is 4.74 Å². The summed E-state index contributed by atoms with van der Waals surface area (Å²) < 4.78 is 6.56. The molecule has 17 heavy (non-hydrogen) atoms. The molecule has 0 aromatic carbocycles. The van der Waals surface area contributed by atoms with Crippen LogP contribution < -0.4 is 5.73 Å². The minimum Gasteiger partial charge on any atom is -0.464 e. The van der Waals surface area contributed by atoms with E-state index in [4.69, 9.17) is 5.73 Å². The number of carbonyl (C=O) groups excluding carboxylic acids is 1. The van der Waals surface area contributed by atoms with Crippen molar-refractivity contribution in [2.24, 2.45) is 0 Å². The van der Waals surface area contributed by atoms with Gasteiger partial charge in [0.2, 0.25) is 0 Å². The number of esters is 1. The Morgan fingerprint density at radius 2 is 2.18 bits per heavy atom. The van der Waals surface area contributed by atoms with E-state index >= 15 is 0 Å². The zero-order chi connectivity index (χ0) is 12.6. The molecule has 0 unspecified atom stereocenters. The number of thiazole rings is 1. The van der Waals surface area contributed by atoms with Gasteiger partial charge >= 0.3 is 5.97 Å². The zero-order valence-electron chi connectivity index (χ0n) is 8.49. The van der Waals surface area contributed by atoms with Crippen molar-refractivity contribution in [3.8, 4) is 9.75 Å². The average molecular weight is 398 g/mol. The Morgan fingerprint density at radius 1 is 1.47 bits per heavy atom. The fourth-order valence-corrected chi connectivity index (χ4v) is 4.15. The number of methoxy groups -OCH3 is 1. The Balaban J connectivity index is 2.55. The average Bonchev–Trinajstić information content (AvgIpc) is 2.82. The van der Waals surface area contributed by atoms with E-state index in [0.717, 1.165) is 18.0 Å². The lowest BCUT2D eigenvalue weighted by Gasteiger charge is -1.96. The minimum atomic E-state index is -0.478. The molecule has 0 bridgehead atoms. The molecular weight excluding hydrogens is 392 g/mol. The van der Waals surface area contributed by atoms with E-state index in [1.807, 2.05) is 6.07 Å². The number of nitrogen functional groups attached to an aromatic ring is 1. The van der Waals surface area contributed by atoms with E-state index in [0.29, 0.717) is 5.13 Å². The van der Waals surface area contributed by atoms with Gasteiger partial charge in [-0.05, 0) is 37.9 Å². The molecule has 0 spiro atoms. The molecule has 0 fully saturated rings. The molecule has 90 valence electrons. The van der Waals surface area contributed by atoms with Gasteiger partial charge in [0.05, 0.1) is 15.8 Å². The summed E-state index contributed by atoms with van der Waals surface area (Å²) in [5, 5.41) is 0.348. The molecule has 4 nitrogen and oxygen atoms in total. The Morgan fingerprint density at radius 3 is 2.71 bits per heavy atom. The summed E-state index contributed by atoms with van der Waals surface area (Å²) in [5.74, 6) is -0.478. The summed E-state index contributed by atoms with van der Waals surface area (Å²) in [5.41, 5.74) is 5.90. The maximum atomic E-state index is 11.6. The highest BCUT2D eigenvalue weighted by molar-refractivity contribution is 9.13. The van der Waals surface area contributed by atoms with Gasteiger partial charge in [0, 0.05) is 9.35 Å². The Kier molecular flexibility index (Phi) is 3.86. The topological polar surface area (TPSA) is 65.2 Å². The molecule has 2 heterocycles. The zero-order valence-corrected chi connectivity index (χ0v) is 13.3. The van der Waals surface area contributed by atoms with Gasteiger partial charge in [-0.25, -0.2) is 9.78 Å². The number of thiophene rings is 1. The van der Waals surface area contributed by atoms with Crippen molar-refractivity contribution in [1.29, 1.82) is 0 Å². The van der Waals surface area contributed by atoms with Crippen LogP contribution >= 0.6 is 54.5 Å². The van der Waals surface area contributed by atoms with Gasteiger partial charge in [-0.2, -0.15) is 0 Å². The van der Waals surface area contributed by atoms with Crippen molar-refractivity contribution in [2.45, 2.75) is 0 Å². The standard InChI is InChI=1S/C9H6Br2N2O2S2/c1-15-8(14)5-6(17-9(12)13-5)4-2-3(10)7(11)16-4/h2H,1H3,(H2,12,13). The van der Waals surface area contributed by atoms with Gasteiger partial charge < -0.3 is 10.5 Å². The number of anilines is 1. The van der Waals surface area contributed by atoms with Crippen molar-refractivity contribution < 1.29 is 9.53 Å². The lowest BCUT2D eigenvalue weighted by molar-refractivity contribution is 0.0596. The number of nitrogens with zero attached hydrogens (tertiary/aromatic N) is 1. The van der Waals surface area contributed by atoms with Crippen LogP contribution in [0.25, 0.3) is 9.75 Å². The van der Waals surface area contributed by atoms with Crippen LogP contribution in [0.4, 0.5) is 5.13 Å². The second-order valence-corrected chi connectivity index (χ2v) is 7.21. The molecule has 0 saturated carbocycles. The van der Waals surface area contributed by atoms with Crippen molar-refractivity contribution in [3.05, 3.63) is 20.0 Å². The summed E-state index contributed by atoms with van der Waals surface area (Å²) in [7, 11) is 1.32. The first kappa shape index (κ1) is 13.0. The van der Waals surface area contributed by atoms with E-state index in [1.54, 1.807) is 0 Å². The third-order valence-electron chi connectivity index (χ3n) is 1.89. The predicted octanol–water partition coefficient (Wildman–Crippen LogP) is 3.77. The second kappa shape index (κ2) is 5.05. The molecule has 2 rings (SSSR count). The normalized spacial score (nSPS) is 10.5. The fourth-order valence-electron chi connectivity index (χ4n) is 1.20. The maximum Gasteiger partial charge on any atom is 0.358 e. The Hall–Kier alpha value is -0.440. The molecule has 0 aliphatic carbocycles. The SMILES string of the molecule is COC(=O)c1nc(N)sc1-c1cc(Br)c(Br)s1. The van der Waals surface area contributed by atoms with Crippen LogP contribution in [-0.4, -0.2) is 18.1 Å².